The molecule has 5 nitrogen and oxygen atoms in total. The average molecular weight is 350 g/mol. The molecular weight excluding hydrogens is 340 g/mol. The van der Waals surface area contributed by atoms with Gasteiger partial charge < -0.3 is 0 Å². The van der Waals surface area contributed by atoms with Crippen molar-refractivity contribution in [2.45, 2.75) is 0 Å². The third kappa shape index (κ3) is 2.86. The summed E-state index contributed by atoms with van der Waals surface area (Å²) in [6, 6.07) is 7.48. The second-order valence-electron chi connectivity index (χ2n) is 4.88. The number of carbonyl (C=O) groups excluding carboxylic acids is 1. The van der Waals surface area contributed by atoms with E-state index in [2.05, 4.69) is 19.9 Å². The standard InChI is InChI=1S/C17H10N4OS2/c22-15(16-20-13(9-23-16)11-1-5-18-6-2-11)17-21-14(10-24-17)12-3-7-19-8-4-12/h1-10H. The van der Waals surface area contributed by atoms with Gasteiger partial charge in [0.1, 0.15) is 0 Å². The number of hydrogen-bond acceptors (Lipinski definition) is 7. The van der Waals surface area contributed by atoms with Crippen LogP contribution in [-0.4, -0.2) is 25.7 Å². The third-order valence-corrected chi connectivity index (χ3v) is 5.03. The Kier molecular flexibility index (Phi) is 3.94. The van der Waals surface area contributed by atoms with Crippen molar-refractivity contribution in [1.82, 2.24) is 19.9 Å². The highest BCUT2D eigenvalue weighted by molar-refractivity contribution is 7.15. The van der Waals surface area contributed by atoms with Crippen LogP contribution in [0.25, 0.3) is 22.5 Å². The molecule has 0 aliphatic rings. The molecule has 0 radical (unpaired) electrons. The van der Waals surface area contributed by atoms with Crippen LogP contribution in [-0.2, 0) is 0 Å². The Morgan fingerprint density at radius 3 is 1.54 bits per heavy atom. The first kappa shape index (κ1) is 14.8. The van der Waals surface area contributed by atoms with Gasteiger partial charge in [0.25, 0.3) is 0 Å². The molecule has 0 fully saturated rings. The van der Waals surface area contributed by atoms with E-state index in [1.165, 1.54) is 22.7 Å². The third-order valence-electron chi connectivity index (χ3n) is 3.35. The Labute approximate surface area is 145 Å². The Hall–Kier alpha value is -2.77. The zero-order valence-electron chi connectivity index (χ0n) is 12.3. The minimum absolute atomic E-state index is 0.148. The van der Waals surface area contributed by atoms with E-state index < -0.39 is 0 Å². The van der Waals surface area contributed by atoms with Crippen molar-refractivity contribution >= 4 is 28.5 Å². The Balaban J connectivity index is 1.61. The van der Waals surface area contributed by atoms with E-state index in [1.54, 1.807) is 24.8 Å². The Morgan fingerprint density at radius 2 is 1.12 bits per heavy atom. The van der Waals surface area contributed by atoms with Crippen LogP contribution in [0.5, 0.6) is 0 Å². The molecule has 0 aromatic carbocycles. The summed E-state index contributed by atoms with van der Waals surface area (Å²) < 4.78 is 0. The zero-order chi connectivity index (χ0) is 16.4. The molecule has 116 valence electrons. The first-order chi connectivity index (χ1) is 11.8. The molecule has 24 heavy (non-hydrogen) atoms. The number of thiazole rings is 2. The molecule has 0 bridgehead atoms. The van der Waals surface area contributed by atoms with Gasteiger partial charge in [-0.3, -0.25) is 14.8 Å². The van der Waals surface area contributed by atoms with Crippen molar-refractivity contribution in [2.75, 3.05) is 0 Å². The number of carbonyl (C=O) groups is 1. The molecule has 0 unspecified atom stereocenters. The molecule has 4 rings (SSSR count). The average Bonchev–Trinajstić information content (AvgIpc) is 3.33. The topological polar surface area (TPSA) is 68.6 Å². The predicted molar refractivity (Wildman–Crippen MR) is 94.1 cm³/mol. The van der Waals surface area contributed by atoms with Gasteiger partial charge in [-0.2, -0.15) is 0 Å². The fourth-order valence-electron chi connectivity index (χ4n) is 2.16. The highest BCUT2D eigenvalue weighted by Gasteiger charge is 2.18. The Morgan fingerprint density at radius 1 is 0.708 bits per heavy atom. The van der Waals surface area contributed by atoms with Crippen molar-refractivity contribution in [3.8, 4) is 22.5 Å². The monoisotopic (exact) mass is 350 g/mol. The number of pyridine rings is 2. The number of hydrogen-bond donors (Lipinski definition) is 0. The molecule has 0 N–H and O–H groups in total. The smallest absolute Gasteiger partial charge is 0.250 e. The fourth-order valence-corrected chi connectivity index (χ4v) is 3.76. The Bertz CT molecular complexity index is 900. The van der Waals surface area contributed by atoms with Crippen molar-refractivity contribution in [2.24, 2.45) is 0 Å². The van der Waals surface area contributed by atoms with Crippen molar-refractivity contribution in [3.05, 3.63) is 69.8 Å². The normalized spacial score (nSPS) is 10.7. The van der Waals surface area contributed by atoms with E-state index in [0.29, 0.717) is 10.0 Å². The van der Waals surface area contributed by atoms with E-state index >= 15 is 0 Å². The van der Waals surface area contributed by atoms with Crippen LogP contribution >= 0.6 is 22.7 Å². The van der Waals surface area contributed by atoms with Crippen LogP contribution in [0.15, 0.2) is 59.8 Å². The van der Waals surface area contributed by atoms with Gasteiger partial charge in [0.15, 0.2) is 10.0 Å². The second-order valence-corrected chi connectivity index (χ2v) is 6.59. The van der Waals surface area contributed by atoms with Crippen molar-refractivity contribution in [1.29, 1.82) is 0 Å². The summed E-state index contributed by atoms with van der Waals surface area (Å²) in [6.07, 6.45) is 6.83. The SMILES string of the molecule is O=C(c1nc(-c2ccncc2)cs1)c1nc(-c2ccncc2)cs1. The highest BCUT2D eigenvalue weighted by atomic mass is 32.1. The van der Waals surface area contributed by atoms with Crippen LogP contribution < -0.4 is 0 Å². The van der Waals surface area contributed by atoms with Gasteiger partial charge in [-0.1, -0.05) is 0 Å². The molecular formula is C17H10N4OS2. The summed E-state index contributed by atoms with van der Waals surface area (Å²) in [6.45, 7) is 0. The first-order valence-corrected chi connectivity index (χ1v) is 8.84. The minimum atomic E-state index is -0.148. The zero-order valence-corrected chi connectivity index (χ0v) is 13.9. The lowest BCUT2D eigenvalue weighted by Crippen LogP contribution is -2.00. The van der Waals surface area contributed by atoms with E-state index in [-0.39, 0.29) is 5.78 Å². The molecule has 0 aliphatic carbocycles. The van der Waals surface area contributed by atoms with E-state index in [4.69, 9.17) is 0 Å². The molecule has 7 heteroatoms. The minimum Gasteiger partial charge on any atom is -0.283 e. The molecule has 4 aromatic rings. The van der Waals surface area contributed by atoms with Gasteiger partial charge in [0.2, 0.25) is 5.78 Å². The molecule has 0 aliphatic heterocycles. The molecule has 0 saturated heterocycles. The number of rotatable bonds is 4. The van der Waals surface area contributed by atoms with Crippen molar-refractivity contribution < 1.29 is 4.79 Å². The van der Waals surface area contributed by atoms with Crippen LogP contribution in [0.2, 0.25) is 0 Å². The fraction of sp³-hybridized carbons (Fsp3) is 0. The lowest BCUT2D eigenvalue weighted by molar-refractivity contribution is 0.103. The van der Waals surface area contributed by atoms with E-state index in [1.807, 2.05) is 35.0 Å². The van der Waals surface area contributed by atoms with Gasteiger partial charge in [-0.15, -0.1) is 22.7 Å². The quantitative estimate of drug-likeness (QED) is 0.521. The van der Waals surface area contributed by atoms with Gasteiger partial charge in [-0.05, 0) is 24.3 Å². The molecule has 0 atom stereocenters. The largest absolute Gasteiger partial charge is 0.283 e. The van der Waals surface area contributed by atoms with E-state index in [0.717, 1.165) is 22.5 Å². The van der Waals surface area contributed by atoms with E-state index in [9.17, 15) is 4.79 Å². The van der Waals surface area contributed by atoms with Crippen LogP contribution in [0.1, 0.15) is 14.8 Å². The van der Waals surface area contributed by atoms with Gasteiger partial charge in [0.05, 0.1) is 11.4 Å². The summed E-state index contributed by atoms with van der Waals surface area (Å²) in [4.78, 5) is 29.5. The van der Waals surface area contributed by atoms with Gasteiger partial charge in [0, 0.05) is 46.7 Å². The highest BCUT2D eigenvalue weighted by Crippen LogP contribution is 2.26. The molecule has 0 amide bonds. The molecule has 4 aromatic heterocycles. The maximum atomic E-state index is 12.6. The maximum Gasteiger partial charge on any atom is 0.250 e. The number of aromatic nitrogens is 4. The lowest BCUT2D eigenvalue weighted by Gasteiger charge is -1.95. The van der Waals surface area contributed by atoms with Gasteiger partial charge in [-0.25, -0.2) is 9.97 Å². The summed E-state index contributed by atoms with van der Waals surface area (Å²) in [5.74, 6) is -0.148. The predicted octanol–water partition coefficient (Wildman–Crippen LogP) is 3.95. The van der Waals surface area contributed by atoms with Crippen molar-refractivity contribution in [3.63, 3.8) is 0 Å². The second kappa shape index (κ2) is 6.38. The molecule has 4 heterocycles. The number of ketones is 1. The molecule has 0 spiro atoms. The van der Waals surface area contributed by atoms with Crippen LogP contribution in [0, 0.1) is 0 Å². The summed E-state index contributed by atoms with van der Waals surface area (Å²) in [7, 11) is 0. The van der Waals surface area contributed by atoms with Gasteiger partial charge >= 0.3 is 0 Å². The lowest BCUT2D eigenvalue weighted by atomic mass is 10.2. The first-order valence-electron chi connectivity index (χ1n) is 7.08. The van der Waals surface area contributed by atoms with Crippen LogP contribution in [0.4, 0.5) is 0 Å². The van der Waals surface area contributed by atoms with Crippen LogP contribution in [0.3, 0.4) is 0 Å². The maximum absolute atomic E-state index is 12.6. The summed E-state index contributed by atoms with van der Waals surface area (Å²) in [5, 5.41) is 4.63. The number of nitrogens with zero attached hydrogens (tertiary/aromatic N) is 4. The summed E-state index contributed by atoms with van der Waals surface area (Å²) in [5.41, 5.74) is 3.43. The summed E-state index contributed by atoms with van der Waals surface area (Å²) >= 11 is 2.66. The molecule has 0 saturated carbocycles.